The van der Waals surface area contributed by atoms with E-state index in [1.807, 2.05) is 35.2 Å². The van der Waals surface area contributed by atoms with Gasteiger partial charge >= 0.3 is 6.03 Å². The Morgan fingerprint density at radius 3 is 2.64 bits per heavy atom. The van der Waals surface area contributed by atoms with Gasteiger partial charge < -0.3 is 20.4 Å². The third-order valence-corrected chi connectivity index (χ3v) is 7.29. The molecule has 3 aliphatic rings. The fourth-order valence-corrected chi connectivity index (χ4v) is 5.06. The quantitative estimate of drug-likeness (QED) is 0.504. The summed E-state index contributed by atoms with van der Waals surface area (Å²) in [5.41, 5.74) is 1.58. The van der Waals surface area contributed by atoms with Gasteiger partial charge in [-0.1, -0.05) is 43.3 Å². The zero-order valence-corrected chi connectivity index (χ0v) is 22.8. The average Bonchev–Trinajstić information content (AvgIpc) is 3.39. The van der Waals surface area contributed by atoms with Crippen LogP contribution in [0.4, 0.5) is 9.18 Å². The molecule has 208 valence electrons. The molecule has 4 amide bonds. The molecule has 0 spiro atoms. The lowest BCUT2D eigenvalue weighted by Gasteiger charge is -2.36. The van der Waals surface area contributed by atoms with Crippen molar-refractivity contribution in [2.75, 3.05) is 13.6 Å². The molecule has 2 heterocycles. The second kappa shape index (κ2) is 12.8. The minimum Gasteiger partial charge on any atom is -0.345 e. The first-order chi connectivity index (χ1) is 18.8. The number of hydrogen-bond acceptors (Lipinski definition) is 5. The molecule has 1 aromatic carbocycles. The fraction of sp³-hybridized carbons (Fsp3) is 0.483. The number of rotatable bonds is 9. The fourth-order valence-electron chi connectivity index (χ4n) is 5.06. The Morgan fingerprint density at radius 1 is 1.15 bits per heavy atom. The predicted molar refractivity (Wildman–Crippen MR) is 149 cm³/mol. The number of amides is 4. The molecule has 1 fully saturated rings. The summed E-state index contributed by atoms with van der Waals surface area (Å²) < 4.78 is 14.2. The van der Waals surface area contributed by atoms with Crippen molar-refractivity contribution in [3.8, 4) is 0 Å². The van der Waals surface area contributed by atoms with E-state index in [9.17, 15) is 18.8 Å². The van der Waals surface area contributed by atoms with Crippen molar-refractivity contribution in [3.63, 3.8) is 0 Å². The van der Waals surface area contributed by atoms with Gasteiger partial charge in [-0.2, -0.15) is 0 Å². The van der Waals surface area contributed by atoms with Crippen LogP contribution in [0.25, 0.3) is 0 Å². The zero-order chi connectivity index (χ0) is 27.9. The number of carbonyl (C=O) groups is 3. The number of halogens is 1. The van der Waals surface area contributed by atoms with Gasteiger partial charge in [0.25, 0.3) is 0 Å². The molecule has 4 rings (SSSR count). The summed E-state index contributed by atoms with van der Waals surface area (Å²) in [6, 6.07) is 7.42. The molecule has 4 atom stereocenters. The van der Waals surface area contributed by atoms with Crippen LogP contribution < -0.4 is 10.6 Å². The highest BCUT2D eigenvalue weighted by Gasteiger charge is 2.33. The van der Waals surface area contributed by atoms with E-state index < -0.39 is 30.2 Å². The van der Waals surface area contributed by atoms with Crippen LogP contribution in [0, 0.1) is 0 Å². The highest BCUT2D eigenvalue weighted by atomic mass is 19.1. The van der Waals surface area contributed by atoms with Gasteiger partial charge in [0.1, 0.15) is 11.8 Å². The first-order valence-electron chi connectivity index (χ1n) is 13.6. The highest BCUT2D eigenvalue weighted by Crippen LogP contribution is 2.22. The number of piperidine rings is 1. The summed E-state index contributed by atoms with van der Waals surface area (Å²) in [6.45, 7) is 4.74. The molecule has 0 radical (unpaired) electrons. The molecule has 0 aromatic heterocycles. The van der Waals surface area contributed by atoms with Crippen molar-refractivity contribution in [2.45, 2.75) is 76.8 Å². The van der Waals surface area contributed by atoms with Gasteiger partial charge in [-0.25, -0.2) is 19.2 Å². The number of hydrogen-bond donors (Lipinski definition) is 2. The Labute approximate surface area is 228 Å². The summed E-state index contributed by atoms with van der Waals surface area (Å²) >= 11 is 0. The smallest absolute Gasteiger partial charge is 0.318 e. The molecule has 2 N–H and O–H groups in total. The van der Waals surface area contributed by atoms with Crippen LogP contribution in [0.15, 0.2) is 64.2 Å². The number of nitrogens with zero attached hydrogens (tertiary/aromatic N) is 4. The zero-order valence-electron chi connectivity index (χ0n) is 22.8. The van der Waals surface area contributed by atoms with Crippen molar-refractivity contribution in [2.24, 2.45) is 9.98 Å². The number of amidine groups is 1. The van der Waals surface area contributed by atoms with E-state index in [1.54, 1.807) is 26.1 Å². The summed E-state index contributed by atoms with van der Waals surface area (Å²) in [7, 11) is 1.64. The minimum absolute atomic E-state index is 0.132. The SMILES string of the molecule is CC[C@H]1CCCCN1C(=O)C[C@H](NC(=O)N(C)Cc1ccccc1)C(=O)N[C@@H](C)C1=NC2=CC=CC(F)C2=N1. The number of carbonyl (C=O) groups excluding carboxylic acids is 3. The Morgan fingerprint density at radius 2 is 1.92 bits per heavy atom. The molecule has 0 saturated carbocycles. The molecule has 1 aliphatic carbocycles. The Hall–Kier alpha value is -3.82. The van der Waals surface area contributed by atoms with Crippen LogP contribution in [0.5, 0.6) is 0 Å². The van der Waals surface area contributed by atoms with Gasteiger partial charge in [0.2, 0.25) is 11.8 Å². The molecular weight excluding hydrogens is 499 g/mol. The third kappa shape index (κ3) is 6.99. The molecule has 1 unspecified atom stereocenters. The van der Waals surface area contributed by atoms with E-state index in [1.165, 1.54) is 11.0 Å². The van der Waals surface area contributed by atoms with Crippen molar-refractivity contribution in [1.29, 1.82) is 0 Å². The van der Waals surface area contributed by atoms with Gasteiger partial charge in [0, 0.05) is 26.2 Å². The summed E-state index contributed by atoms with van der Waals surface area (Å²) in [5.74, 6) is -0.416. The van der Waals surface area contributed by atoms with Crippen molar-refractivity contribution in [1.82, 2.24) is 20.4 Å². The van der Waals surface area contributed by atoms with Crippen LogP contribution in [0.2, 0.25) is 0 Å². The Bertz CT molecular complexity index is 1190. The number of benzene rings is 1. The lowest BCUT2D eigenvalue weighted by Crippen LogP contribution is -2.55. The van der Waals surface area contributed by atoms with Crippen LogP contribution in [-0.4, -0.2) is 77.1 Å². The van der Waals surface area contributed by atoms with Crippen molar-refractivity contribution in [3.05, 3.63) is 59.8 Å². The number of nitrogens with one attached hydrogen (secondary N) is 2. The standard InChI is InChI=1S/C29H37FN6O3/c1-4-21-13-8-9-16-36(21)25(37)17-24(33-29(39)35(3)18-20-11-6-5-7-12-20)28(38)31-19(2)27-32-23-15-10-14-22(30)26(23)34-27/h5-7,10-12,14-15,19,21-22,24H,4,8-9,13,16-18H2,1-3H3,(H,31,38)(H,33,39)/t19-,21-,22?,24-/m0/s1. The second-order valence-electron chi connectivity index (χ2n) is 10.2. The van der Waals surface area contributed by atoms with Gasteiger partial charge in [0.15, 0.2) is 12.0 Å². The number of aliphatic imine (C=N–C) groups is 2. The summed E-state index contributed by atoms with van der Waals surface area (Å²) in [6.07, 6.45) is 6.89. The van der Waals surface area contributed by atoms with E-state index in [0.29, 0.717) is 18.8 Å². The average molecular weight is 537 g/mol. The molecule has 39 heavy (non-hydrogen) atoms. The third-order valence-electron chi connectivity index (χ3n) is 7.29. The largest absolute Gasteiger partial charge is 0.345 e. The predicted octanol–water partition coefficient (Wildman–Crippen LogP) is 3.53. The molecule has 2 aliphatic heterocycles. The van der Waals surface area contributed by atoms with E-state index in [0.717, 1.165) is 31.2 Å². The maximum Gasteiger partial charge on any atom is 0.318 e. The highest BCUT2D eigenvalue weighted by molar-refractivity contribution is 6.17. The van der Waals surface area contributed by atoms with E-state index >= 15 is 0 Å². The summed E-state index contributed by atoms with van der Waals surface area (Å²) in [5, 5.41) is 5.59. The number of alkyl halides is 1. The van der Waals surface area contributed by atoms with E-state index in [-0.39, 0.29) is 29.9 Å². The van der Waals surface area contributed by atoms with Crippen molar-refractivity contribution >= 4 is 29.4 Å². The number of allylic oxidation sites excluding steroid dienone is 4. The van der Waals surface area contributed by atoms with E-state index in [4.69, 9.17) is 0 Å². The maximum atomic E-state index is 14.2. The summed E-state index contributed by atoms with van der Waals surface area (Å²) in [4.78, 5) is 51.9. The normalized spacial score (nSPS) is 21.6. The van der Waals surface area contributed by atoms with Gasteiger partial charge in [-0.3, -0.25) is 9.59 Å². The Kier molecular flexibility index (Phi) is 9.27. The van der Waals surface area contributed by atoms with Crippen LogP contribution >= 0.6 is 0 Å². The van der Waals surface area contributed by atoms with Crippen LogP contribution in [-0.2, 0) is 16.1 Å². The van der Waals surface area contributed by atoms with Crippen LogP contribution in [0.3, 0.4) is 0 Å². The number of urea groups is 1. The molecule has 10 heteroatoms. The minimum atomic E-state index is -1.35. The van der Waals surface area contributed by atoms with Gasteiger partial charge in [0.05, 0.1) is 18.2 Å². The molecule has 0 bridgehead atoms. The number of likely N-dealkylation sites (tertiary alicyclic amines) is 1. The van der Waals surface area contributed by atoms with E-state index in [2.05, 4.69) is 27.5 Å². The first kappa shape index (κ1) is 28.2. The topological polar surface area (TPSA) is 106 Å². The van der Waals surface area contributed by atoms with Gasteiger partial charge in [-0.05, 0) is 50.3 Å². The lowest BCUT2D eigenvalue weighted by atomic mass is 9.99. The molecule has 1 aromatic rings. The van der Waals surface area contributed by atoms with Gasteiger partial charge in [-0.15, -0.1) is 0 Å². The monoisotopic (exact) mass is 536 g/mol. The second-order valence-corrected chi connectivity index (χ2v) is 10.2. The molecule has 1 saturated heterocycles. The Balaban J connectivity index is 1.46. The molecule has 9 nitrogen and oxygen atoms in total. The van der Waals surface area contributed by atoms with Crippen molar-refractivity contribution < 1.29 is 18.8 Å². The van der Waals surface area contributed by atoms with Crippen LogP contribution in [0.1, 0.15) is 51.5 Å². The first-order valence-corrected chi connectivity index (χ1v) is 13.6. The lowest BCUT2D eigenvalue weighted by molar-refractivity contribution is -0.138. The number of fused-ring (bicyclic) bond motifs is 1. The maximum absolute atomic E-state index is 14.2. The molecular formula is C29H37FN6O3.